The summed E-state index contributed by atoms with van der Waals surface area (Å²) in [6.45, 7) is 5.71. The van der Waals surface area contributed by atoms with Crippen molar-refractivity contribution in [1.82, 2.24) is 15.1 Å². The summed E-state index contributed by atoms with van der Waals surface area (Å²) >= 11 is 0. The van der Waals surface area contributed by atoms with E-state index < -0.39 is 0 Å². The summed E-state index contributed by atoms with van der Waals surface area (Å²) < 4.78 is 13.0. The second-order valence-corrected chi connectivity index (χ2v) is 6.36. The molecule has 1 aliphatic rings. The third kappa shape index (κ3) is 5.76. The van der Waals surface area contributed by atoms with Crippen molar-refractivity contribution >= 4 is 6.03 Å². The van der Waals surface area contributed by atoms with Crippen LogP contribution in [0.5, 0.6) is 0 Å². The molecule has 1 aliphatic heterocycles. The van der Waals surface area contributed by atoms with Crippen molar-refractivity contribution in [3.63, 3.8) is 0 Å². The molecule has 1 aromatic carbocycles. The first kappa shape index (κ1) is 18.7. The molecule has 1 heterocycles. The smallest absolute Gasteiger partial charge is 0.318 e. The Hall–Kier alpha value is -1.66. The Labute approximate surface area is 143 Å². The molecule has 5 nitrogen and oxygen atoms in total. The summed E-state index contributed by atoms with van der Waals surface area (Å²) in [5, 5.41) is 12.3. The van der Waals surface area contributed by atoms with E-state index in [0.717, 1.165) is 44.5 Å². The van der Waals surface area contributed by atoms with E-state index in [4.69, 9.17) is 0 Å². The first-order valence-corrected chi connectivity index (χ1v) is 8.75. The maximum Gasteiger partial charge on any atom is 0.318 e. The maximum atomic E-state index is 13.0. The highest BCUT2D eigenvalue weighted by molar-refractivity contribution is 5.74. The summed E-state index contributed by atoms with van der Waals surface area (Å²) in [5.74, 6) is -0.296. The molecule has 1 saturated heterocycles. The largest absolute Gasteiger partial charge is 0.395 e. The van der Waals surface area contributed by atoms with Crippen LogP contribution >= 0.6 is 0 Å². The summed E-state index contributed by atoms with van der Waals surface area (Å²) in [5.41, 5.74) is 0.844. The standard InChI is InChI=1S/C18H28FN3O2/c1-2-9-21-10-3-4-17(14-21)20-18(24)22(11-12-23)13-15-5-7-16(19)8-6-15/h5-8,17,23H,2-4,9-14H2,1H3,(H,20,24)/t17-/m0/s1. The third-order valence-electron chi connectivity index (χ3n) is 4.32. The molecular formula is C18H28FN3O2. The van der Waals surface area contributed by atoms with Crippen LogP contribution in [0, 0.1) is 5.82 Å². The Morgan fingerprint density at radius 2 is 2.17 bits per heavy atom. The molecule has 2 amide bonds. The van der Waals surface area contributed by atoms with Crippen molar-refractivity contribution in [2.45, 2.75) is 38.8 Å². The molecule has 134 valence electrons. The number of aliphatic hydroxyl groups is 1. The molecular weight excluding hydrogens is 309 g/mol. The quantitative estimate of drug-likeness (QED) is 0.802. The fourth-order valence-electron chi connectivity index (χ4n) is 3.14. The zero-order valence-corrected chi connectivity index (χ0v) is 14.4. The summed E-state index contributed by atoms with van der Waals surface area (Å²) in [4.78, 5) is 16.5. The average Bonchev–Trinajstić information content (AvgIpc) is 2.57. The van der Waals surface area contributed by atoms with E-state index in [1.807, 2.05) is 0 Å². The van der Waals surface area contributed by atoms with Gasteiger partial charge in [-0.3, -0.25) is 0 Å². The third-order valence-corrected chi connectivity index (χ3v) is 4.32. The van der Waals surface area contributed by atoms with Gasteiger partial charge in [0.25, 0.3) is 0 Å². The molecule has 24 heavy (non-hydrogen) atoms. The van der Waals surface area contributed by atoms with Crippen LogP contribution < -0.4 is 5.32 Å². The number of carbonyl (C=O) groups excluding carboxylic acids is 1. The zero-order chi connectivity index (χ0) is 17.4. The van der Waals surface area contributed by atoms with Gasteiger partial charge >= 0.3 is 6.03 Å². The number of urea groups is 1. The van der Waals surface area contributed by atoms with Crippen molar-refractivity contribution < 1.29 is 14.3 Å². The van der Waals surface area contributed by atoms with E-state index in [1.54, 1.807) is 17.0 Å². The highest BCUT2D eigenvalue weighted by atomic mass is 19.1. The van der Waals surface area contributed by atoms with E-state index >= 15 is 0 Å². The second kappa shape index (κ2) is 9.59. The molecule has 0 unspecified atom stereocenters. The number of nitrogens with zero attached hydrogens (tertiary/aromatic N) is 2. The number of hydrogen-bond acceptors (Lipinski definition) is 3. The van der Waals surface area contributed by atoms with Gasteiger partial charge in [-0.05, 0) is 50.0 Å². The highest BCUT2D eigenvalue weighted by Gasteiger charge is 2.23. The first-order chi connectivity index (χ1) is 11.6. The van der Waals surface area contributed by atoms with Gasteiger partial charge in [-0.15, -0.1) is 0 Å². The number of benzene rings is 1. The van der Waals surface area contributed by atoms with Gasteiger partial charge in [0.15, 0.2) is 0 Å². The monoisotopic (exact) mass is 337 g/mol. The minimum Gasteiger partial charge on any atom is -0.395 e. The first-order valence-electron chi connectivity index (χ1n) is 8.75. The highest BCUT2D eigenvalue weighted by Crippen LogP contribution is 2.12. The Bertz CT molecular complexity index is 507. The minimum atomic E-state index is -0.296. The van der Waals surface area contributed by atoms with Gasteiger partial charge in [0.1, 0.15) is 5.82 Å². The molecule has 0 radical (unpaired) electrons. The predicted molar refractivity (Wildman–Crippen MR) is 92.2 cm³/mol. The second-order valence-electron chi connectivity index (χ2n) is 6.36. The Balaban J connectivity index is 1.91. The van der Waals surface area contributed by atoms with Crippen LogP contribution in [0.25, 0.3) is 0 Å². The predicted octanol–water partition coefficient (Wildman–Crippen LogP) is 2.20. The minimum absolute atomic E-state index is 0.0960. The lowest BCUT2D eigenvalue weighted by Crippen LogP contribution is -2.51. The van der Waals surface area contributed by atoms with Crippen molar-refractivity contribution in [3.05, 3.63) is 35.6 Å². The number of piperidine rings is 1. The fraction of sp³-hybridized carbons (Fsp3) is 0.611. The molecule has 0 spiro atoms. The molecule has 2 rings (SSSR count). The Morgan fingerprint density at radius 3 is 2.83 bits per heavy atom. The zero-order valence-electron chi connectivity index (χ0n) is 14.4. The van der Waals surface area contributed by atoms with Crippen LogP contribution in [-0.2, 0) is 6.54 Å². The molecule has 2 N–H and O–H groups in total. The van der Waals surface area contributed by atoms with Crippen molar-refractivity contribution in [2.75, 3.05) is 32.8 Å². The lowest BCUT2D eigenvalue weighted by atomic mass is 10.1. The Kier molecular flexibility index (Phi) is 7.46. The number of hydrogen-bond donors (Lipinski definition) is 2. The summed E-state index contributed by atoms with van der Waals surface area (Å²) in [6, 6.07) is 6.07. The summed E-state index contributed by atoms with van der Waals surface area (Å²) in [6.07, 6.45) is 3.18. The molecule has 0 bridgehead atoms. The number of rotatable bonds is 7. The summed E-state index contributed by atoms with van der Waals surface area (Å²) in [7, 11) is 0. The number of halogens is 1. The van der Waals surface area contributed by atoms with E-state index in [0.29, 0.717) is 6.54 Å². The molecule has 1 aromatic rings. The number of nitrogens with one attached hydrogen (secondary N) is 1. The molecule has 0 saturated carbocycles. The maximum absolute atomic E-state index is 13.0. The van der Waals surface area contributed by atoms with Crippen LogP contribution in [-0.4, -0.2) is 59.8 Å². The van der Waals surface area contributed by atoms with E-state index in [9.17, 15) is 14.3 Å². The number of aliphatic hydroxyl groups excluding tert-OH is 1. The number of carbonyl (C=O) groups is 1. The molecule has 1 fully saturated rings. The van der Waals surface area contributed by atoms with Crippen LogP contribution in [0.3, 0.4) is 0 Å². The molecule has 1 atom stereocenters. The molecule has 0 aliphatic carbocycles. The fourth-order valence-corrected chi connectivity index (χ4v) is 3.14. The van der Waals surface area contributed by atoms with Crippen LogP contribution in [0.2, 0.25) is 0 Å². The van der Waals surface area contributed by atoms with E-state index in [1.165, 1.54) is 12.1 Å². The van der Waals surface area contributed by atoms with Gasteiger partial charge in [-0.25, -0.2) is 9.18 Å². The van der Waals surface area contributed by atoms with Gasteiger partial charge in [0.05, 0.1) is 6.61 Å². The van der Waals surface area contributed by atoms with Crippen LogP contribution in [0.15, 0.2) is 24.3 Å². The van der Waals surface area contributed by atoms with Gasteiger partial charge in [-0.2, -0.15) is 0 Å². The molecule has 0 aromatic heterocycles. The van der Waals surface area contributed by atoms with Crippen molar-refractivity contribution in [3.8, 4) is 0 Å². The Morgan fingerprint density at radius 1 is 1.42 bits per heavy atom. The topological polar surface area (TPSA) is 55.8 Å². The lowest BCUT2D eigenvalue weighted by molar-refractivity contribution is 0.154. The normalized spacial score (nSPS) is 18.4. The van der Waals surface area contributed by atoms with Crippen LogP contribution in [0.1, 0.15) is 31.7 Å². The van der Waals surface area contributed by atoms with Crippen molar-refractivity contribution in [1.29, 1.82) is 0 Å². The van der Waals surface area contributed by atoms with Gasteiger partial charge in [0.2, 0.25) is 0 Å². The van der Waals surface area contributed by atoms with Crippen molar-refractivity contribution in [2.24, 2.45) is 0 Å². The van der Waals surface area contributed by atoms with E-state index in [-0.39, 0.29) is 31.0 Å². The average molecular weight is 337 g/mol. The molecule has 6 heteroatoms. The van der Waals surface area contributed by atoms with Crippen LogP contribution in [0.4, 0.5) is 9.18 Å². The SMILES string of the molecule is CCCN1CCC[C@H](NC(=O)N(CCO)Cc2ccc(F)cc2)C1. The van der Waals surface area contributed by atoms with Gasteiger partial charge in [0, 0.05) is 25.7 Å². The van der Waals surface area contributed by atoms with Gasteiger partial charge < -0.3 is 20.2 Å². The number of likely N-dealkylation sites (tertiary alicyclic amines) is 1. The number of amides is 2. The van der Waals surface area contributed by atoms with Gasteiger partial charge in [-0.1, -0.05) is 19.1 Å². The lowest BCUT2D eigenvalue weighted by Gasteiger charge is -2.34. The van der Waals surface area contributed by atoms with E-state index in [2.05, 4.69) is 17.1 Å².